The predicted molar refractivity (Wildman–Crippen MR) is 108 cm³/mol. The third-order valence-electron chi connectivity index (χ3n) is 4.12. The van der Waals surface area contributed by atoms with Crippen LogP contribution in [0.25, 0.3) is 0 Å². The average Bonchev–Trinajstić information content (AvgIpc) is 2.69. The zero-order valence-electron chi connectivity index (χ0n) is 15.7. The molecule has 0 saturated heterocycles. The third kappa shape index (κ3) is 5.67. The number of hydrogen-bond acceptors (Lipinski definition) is 9. The smallest absolute Gasteiger partial charge is 0.269 e. The van der Waals surface area contributed by atoms with Gasteiger partial charge in [-0.2, -0.15) is 15.0 Å². The van der Waals surface area contributed by atoms with Crippen LogP contribution in [0.1, 0.15) is 23.1 Å². The van der Waals surface area contributed by atoms with Crippen LogP contribution in [0.2, 0.25) is 0 Å². The summed E-state index contributed by atoms with van der Waals surface area (Å²) in [5.74, 6) is 0.833. The minimum Gasteiger partial charge on any atom is -0.387 e. The number of rotatable bonds is 8. The van der Waals surface area contributed by atoms with Crippen LogP contribution in [0.5, 0.6) is 0 Å². The fourth-order valence-corrected chi connectivity index (χ4v) is 2.60. The summed E-state index contributed by atoms with van der Waals surface area (Å²) in [5, 5.41) is 27.0. The number of nitrogen functional groups attached to an aromatic ring is 1. The molecule has 0 aliphatic carbocycles. The predicted octanol–water partition coefficient (Wildman–Crippen LogP) is 2.24. The summed E-state index contributed by atoms with van der Waals surface area (Å²) in [4.78, 5) is 22.7. The topological polar surface area (TPSA) is 152 Å². The van der Waals surface area contributed by atoms with E-state index in [1.54, 1.807) is 0 Å². The first-order valence-corrected chi connectivity index (χ1v) is 8.88. The highest BCUT2D eigenvalue weighted by Gasteiger charge is 2.11. The van der Waals surface area contributed by atoms with Gasteiger partial charge in [-0.05, 0) is 36.8 Å². The number of nitrogens with zero attached hydrogens (tertiary/aromatic N) is 4. The highest BCUT2D eigenvalue weighted by Crippen LogP contribution is 2.17. The number of aryl methyl sites for hydroxylation is 1. The van der Waals surface area contributed by atoms with Gasteiger partial charge in [0.05, 0.1) is 17.6 Å². The van der Waals surface area contributed by atoms with E-state index in [0.717, 1.165) is 11.3 Å². The number of non-ortho nitro benzene ring substituents is 1. The zero-order chi connectivity index (χ0) is 20.8. The fourth-order valence-electron chi connectivity index (χ4n) is 2.60. The Balaban J connectivity index is 1.58. The molecule has 0 unspecified atom stereocenters. The van der Waals surface area contributed by atoms with Crippen molar-refractivity contribution in [1.82, 2.24) is 20.3 Å². The van der Waals surface area contributed by atoms with E-state index in [0.29, 0.717) is 17.3 Å². The van der Waals surface area contributed by atoms with Gasteiger partial charge < -0.3 is 21.5 Å². The maximum absolute atomic E-state index is 10.7. The molecule has 29 heavy (non-hydrogen) atoms. The van der Waals surface area contributed by atoms with Crippen LogP contribution in [-0.4, -0.2) is 31.5 Å². The first kappa shape index (κ1) is 20.1. The van der Waals surface area contributed by atoms with E-state index in [9.17, 15) is 15.2 Å². The lowest BCUT2D eigenvalue weighted by Gasteiger charge is -2.12. The standard InChI is InChI=1S/C19H21N7O3/c1-12-2-6-14(7-3-12)22-19-24-17(23-18(20)25-19)11-21-10-16(27)13-4-8-15(9-5-13)26(28)29/h2-9,16,21,27H,10-11H2,1H3,(H3,20,22,23,24,25)/t16-/m0/s1. The van der Waals surface area contributed by atoms with Crippen LogP contribution in [0.15, 0.2) is 48.5 Å². The van der Waals surface area contributed by atoms with Crippen molar-refractivity contribution in [3.63, 3.8) is 0 Å². The van der Waals surface area contributed by atoms with E-state index in [-0.39, 0.29) is 24.7 Å². The lowest BCUT2D eigenvalue weighted by atomic mass is 10.1. The number of nitrogens with one attached hydrogen (secondary N) is 2. The number of aliphatic hydroxyl groups excluding tert-OH is 1. The molecule has 3 rings (SSSR count). The molecule has 10 heteroatoms. The van der Waals surface area contributed by atoms with Gasteiger partial charge in [0.15, 0.2) is 0 Å². The Labute approximate surface area is 167 Å². The summed E-state index contributed by atoms with van der Waals surface area (Å²) < 4.78 is 0. The molecule has 0 aliphatic rings. The number of aromatic nitrogens is 3. The Bertz CT molecular complexity index is 978. The van der Waals surface area contributed by atoms with Crippen LogP contribution < -0.4 is 16.4 Å². The molecule has 3 aromatic rings. The highest BCUT2D eigenvalue weighted by atomic mass is 16.6. The molecular formula is C19H21N7O3. The summed E-state index contributed by atoms with van der Waals surface area (Å²) in [6, 6.07) is 13.5. The summed E-state index contributed by atoms with van der Waals surface area (Å²) in [5.41, 5.74) is 8.28. The maximum Gasteiger partial charge on any atom is 0.269 e. The molecule has 1 heterocycles. The number of nitro benzene ring substituents is 1. The molecule has 0 radical (unpaired) electrons. The van der Waals surface area contributed by atoms with Crippen LogP contribution in [0.4, 0.5) is 23.3 Å². The van der Waals surface area contributed by atoms with E-state index >= 15 is 0 Å². The fraction of sp³-hybridized carbons (Fsp3) is 0.211. The van der Waals surface area contributed by atoms with Crippen LogP contribution >= 0.6 is 0 Å². The van der Waals surface area contributed by atoms with Gasteiger partial charge in [-0.1, -0.05) is 17.7 Å². The molecule has 0 spiro atoms. The first-order valence-electron chi connectivity index (χ1n) is 8.88. The Morgan fingerprint density at radius 2 is 1.79 bits per heavy atom. The van der Waals surface area contributed by atoms with Gasteiger partial charge in [0, 0.05) is 24.4 Å². The second kappa shape index (κ2) is 9.04. The molecule has 0 fully saturated rings. The molecule has 0 aliphatic heterocycles. The SMILES string of the molecule is Cc1ccc(Nc2nc(N)nc(CNC[C@H](O)c3ccc([N+](=O)[O-])cc3)n2)cc1. The minimum atomic E-state index is -0.833. The lowest BCUT2D eigenvalue weighted by molar-refractivity contribution is -0.384. The van der Waals surface area contributed by atoms with Crippen LogP contribution in [0, 0.1) is 17.0 Å². The normalized spacial score (nSPS) is 11.8. The van der Waals surface area contributed by atoms with Crippen LogP contribution in [-0.2, 0) is 6.54 Å². The van der Waals surface area contributed by atoms with Crippen molar-refractivity contribution in [2.45, 2.75) is 19.6 Å². The molecule has 1 atom stereocenters. The number of nitro groups is 1. The number of nitrogens with two attached hydrogens (primary N) is 1. The van der Waals surface area contributed by atoms with E-state index < -0.39 is 11.0 Å². The number of anilines is 3. The number of benzene rings is 2. The maximum atomic E-state index is 10.7. The van der Waals surface area contributed by atoms with Gasteiger partial charge in [-0.25, -0.2) is 0 Å². The molecule has 2 aromatic carbocycles. The molecular weight excluding hydrogens is 374 g/mol. The van der Waals surface area contributed by atoms with Gasteiger partial charge in [0.1, 0.15) is 5.82 Å². The first-order chi connectivity index (χ1) is 13.9. The second-order valence-electron chi connectivity index (χ2n) is 6.42. The van der Waals surface area contributed by atoms with Crippen molar-refractivity contribution in [1.29, 1.82) is 0 Å². The van der Waals surface area contributed by atoms with E-state index in [4.69, 9.17) is 5.73 Å². The largest absolute Gasteiger partial charge is 0.387 e. The summed E-state index contributed by atoms with van der Waals surface area (Å²) in [6.45, 7) is 2.48. The van der Waals surface area contributed by atoms with Crippen molar-refractivity contribution < 1.29 is 10.0 Å². The molecule has 0 saturated carbocycles. The third-order valence-corrected chi connectivity index (χ3v) is 4.12. The van der Waals surface area contributed by atoms with E-state index in [1.165, 1.54) is 24.3 Å². The van der Waals surface area contributed by atoms with E-state index in [1.807, 2.05) is 31.2 Å². The molecule has 10 nitrogen and oxygen atoms in total. The summed E-state index contributed by atoms with van der Waals surface area (Å²) in [6.07, 6.45) is -0.833. The monoisotopic (exact) mass is 395 g/mol. The Hall–Kier alpha value is -3.63. The number of hydrogen-bond donors (Lipinski definition) is 4. The van der Waals surface area contributed by atoms with Gasteiger partial charge in [0.2, 0.25) is 11.9 Å². The highest BCUT2D eigenvalue weighted by molar-refractivity contribution is 5.54. The van der Waals surface area contributed by atoms with Crippen molar-refractivity contribution in [3.05, 3.63) is 75.6 Å². The van der Waals surface area contributed by atoms with Gasteiger partial charge in [0.25, 0.3) is 5.69 Å². The molecule has 150 valence electrons. The summed E-state index contributed by atoms with van der Waals surface area (Å²) in [7, 11) is 0. The van der Waals surface area contributed by atoms with Crippen molar-refractivity contribution in [2.75, 3.05) is 17.6 Å². The second-order valence-corrected chi connectivity index (χ2v) is 6.42. The Kier molecular flexibility index (Phi) is 6.27. The zero-order valence-corrected chi connectivity index (χ0v) is 15.7. The Morgan fingerprint density at radius 1 is 1.10 bits per heavy atom. The lowest BCUT2D eigenvalue weighted by Crippen LogP contribution is -2.23. The molecule has 0 amide bonds. The summed E-state index contributed by atoms with van der Waals surface area (Å²) >= 11 is 0. The van der Waals surface area contributed by atoms with Gasteiger partial charge in [-0.15, -0.1) is 0 Å². The number of aliphatic hydroxyl groups is 1. The molecule has 1 aromatic heterocycles. The van der Waals surface area contributed by atoms with Crippen molar-refractivity contribution in [3.8, 4) is 0 Å². The minimum absolute atomic E-state index is 0.0248. The van der Waals surface area contributed by atoms with Gasteiger partial charge in [-0.3, -0.25) is 10.1 Å². The van der Waals surface area contributed by atoms with Crippen molar-refractivity contribution in [2.24, 2.45) is 0 Å². The van der Waals surface area contributed by atoms with Crippen LogP contribution in [0.3, 0.4) is 0 Å². The van der Waals surface area contributed by atoms with Crippen molar-refractivity contribution >= 4 is 23.3 Å². The molecule has 0 bridgehead atoms. The molecule has 5 N–H and O–H groups in total. The van der Waals surface area contributed by atoms with Gasteiger partial charge >= 0.3 is 0 Å². The average molecular weight is 395 g/mol. The Morgan fingerprint density at radius 3 is 2.45 bits per heavy atom. The van der Waals surface area contributed by atoms with E-state index in [2.05, 4.69) is 25.6 Å². The quantitative estimate of drug-likeness (QED) is 0.332.